The van der Waals surface area contributed by atoms with Crippen LogP contribution in [0.1, 0.15) is 60.5 Å². The van der Waals surface area contributed by atoms with Gasteiger partial charge in [-0.2, -0.15) is 18.3 Å². The molecule has 0 aliphatic heterocycles. The maximum absolute atomic E-state index is 13.4. The van der Waals surface area contributed by atoms with Crippen LogP contribution in [0.2, 0.25) is 0 Å². The molecular formula is C26H25F3N8OS. The molecule has 202 valence electrons. The minimum atomic E-state index is -4.51. The Balaban J connectivity index is 1.37. The highest BCUT2D eigenvalue weighted by Crippen LogP contribution is 2.45. The number of nitrogens with zero attached hydrogens (tertiary/aromatic N) is 8. The van der Waals surface area contributed by atoms with Gasteiger partial charge in [-0.1, -0.05) is 0 Å². The molecule has 0 aromatic carbocycles. The first-order valence-electron chi connectivity index (χ1n) is 12.5. The summed E-state index contributed by atoms with van der Waals surface area (Å²) in [6.45, 7) is 5.94. The monoisotopic (exact) mass is 554 g/mol. The summed E-state index contributed by atoms with van der Waals surface area (Å²) in [5, 5.41) is 5.29. The average molecular weight is 555 g/mol. The highest BCUT2D eigenvalue weighted by molar-refractivity contribution is 7.15. The zero-order valence-electron chi connectivity index (χ0n) is 21.7. The number of thiophene rings is 1. The largest absolute Gasteiger partial charge is 0.480 e. The van der Waals surface area contributed by atoms with Crippen LogP contribution in [0.25, 0.3) is 33.1 Å². The summed E-state index contributed by atoms with van der Waals surface area (Å²) >= 11 is 1.40. The highest BCUT2D eigenvalue weighted by atomic mass is 32.1. The second kappa shape index (κ2) is 9.40. The van der Waals surface area contributed by atoms with Crippen molar-refractivity contribution in [3.8, 4) is 28.0 Å². The van der Waals surface area contributed by atoms with Gasteiger partial charge in [0.05, 0.1) is 35.8 Å². The molecule has 0 spiro atoms. The number of halogens is 3. The molecule has 0 saturated heterocycles. The molecule has 0 N–H and O–H groups in total. The summed E-state index contributed by atoms with van der Waals surface area (Å²) in [7, 11) is 1.56. The molecule has 5 aromatic heterocycles. The van der Waals surface area contributed by atoms with Gasteiger partial charge in [0.2, 0.25) is 5.88 Å². The topological polar surface area (TPSA) is 96.4 Å². The molecule has 0 radical (unpaired) electrons. The van der Waals surface area contributed by atoms with Gasteiger partial charge in [0.1, 0.15) is 11.9 Å². The minimum Gasteiger partial charge on any atom is -0.480 e. The normalized spacial score (nSPS) is 14.1. The third-order valence-corrected chi connectivity index (χ3v) is 7.87. The minimum absolute atomic E-state index is 0.182. The van der Waals surface area contributed by atoms with Crippen LogP contribution in [0.3, 0.4) is 0 Å². The van der Waals surface area contributed by atoms with Gasteiger partial charge in [-0.25, -0.2) is 29.6 Å². The quantitative estimate of drug-likeness (QED) is 0.242. The van der Waals surface area contributed by atoms with Crippen LogP contribution in [0.4, 0.5) is 13.2 Å². The van der Waals surface area contributed by atoms with Crippen LogP contribution in [-0.4, -0.2) is 46.4 Å². The fourth-order valence-electron chi connectivity index (χ4n) is 4.60. The number of alkyl halides is 3. The van der Waals surface area contributed by atoms with Crippen LogP contribution in [0.15, 0.2) is 31.0 Å². The van der Waals surface area contributed by atoms with Crippen LogP contribution in [-0.2, 0) is 12.7 Å². The molecule has 39 heavy (non-hydrogen) atoms. The number of ether oxygens (including phenoxy) is 1. The first-order valence-corrected chi connectivity index (χ1v) is 13.3. The first-order chi connectivity index (χ1) is 18.6. The maximum Gasteiger partial charge on any atom is 0.434 e. The number of rotatable bonds is 7. The van der Waals surface area contributed by atoms with E-state index in [2.05, 4.69) is 25.0 Å². The van der Waals surface area contributed by atoms with E-state index in [0.717, 1.165) is 40.6 Å². The number of fused-ring (bicyclic) bond motifs is 1. The molecule has 9 nitrogen and oxygen atoms in total. The zero-order chi connectivity index (χ0) is 27.5. The summed E-state index contributed by atoms with van der Waals surface area (Å²) in [5.41, 5.74) is 2.15. The van der Waals surface area contributed by atoms with Gasteiger partial charge < -0.3 is 9.30 Å². The Labute approximate surface area is 225 Å². The fourth-order valence-corrected chi connectivity index (χ4v) is 5.75. The van der Waals surface area contributed by atoms with Crippen molar-refractivity contribution in [2.45, 2.75) is 58.3 Å². The van der Waals surface area contributed by atoms with Gasteiger partial charge in [-0.05, 0) is 45.2 Å². The van der Waals surface area contributed by atoms with Crippen molar-refractivity contribution in [3.05, 3.63) is 52.8 Å². The van der Waals surface area contributed by atoms with Gasteiger partial charge in [0.25, 0.3) is 0 Å². The van der Waals surface area contributed by atoms with Crippen molar-refractivity contribution in [1.82, 2.24) is 39.3 Å². The number of aromatic nitrogens is 8. The van der Waals surface area contributed by atoms with Crippen LogP contribution in [0.5, 0.6) is 5.88 Å². The second-order valence-corrected chi connectivity index (χ2v) is 11.0. The lowest BCUT2D eigenvalue weighted by Gasteiger charge is -2.11. The zero-order valence-corrected chi connectivity index (χ0v) is 22.5. The summed E-state index contributed by atoms with van der Waals surface area (Å²) in [6, 6.07) is 1.78. The number of aryl methyl sites for hydroxylation is 1. The van der Waals surface area contributed by atoms with E-state index >= 15 is 0 Å². The van der Waals surface area contributed by atoms with Crippen LogP contribution in [0, 0.1) is 6.92 Å². The predicted molar refractivity (Wildman–Crippen MR) is 140 cm³/mol. The molecule has 0 bridgehead atoms. The Morgan fingerprint density at radius 1 is 1.13 bits per heavy atom. The smallest absolute Gasteiger partial charge is 0.434 e. The van der Waals surface area contributed by atoms with E-state index in [4.69, 9.17) is 9.72 Å². The maximum atomic E-state index is 13.4. The molecule has 13 heteroatoms. The number of methoxy groups -OCH3 is 1. The average Bonchev–Trinajstić information content (AvgIpc) is 3.34. The number of hydrogen-bond donors (Lipinski definition) is 0. The Kier molecular flexibility index (Phi) is 6.12. The standard InChI is InChI=1S/C26H25F3N8OS/c1-13(2)36-11-18(26(27,28)29)34-24(36)21-14(3)7-17(39-21)10-37-23-16(9-33-37)8-30-22(35-23)19-20(15-5-6-15)31-12-32-25(19)38-4/h7-9,11-13,15H,5-6,10H2,1-4H3. The van der Waals surface area contributed by atoms with E-state index < -0.39 is 11.9 Å². The van der Waals surface area contributed by atoms with E-state index in [-0.39, 0.29) is 6.04 Å². The van der Waals surface area contributed by atoms with Gasteiger partial charge in [0.15, 0.2) is 23.0 Å². The molecule has 0 atom stereocenters. The summed E-state index contributed by atoms with van der Waals surface area (Å²) < 4.78 is 49.1. The van der Waals surface area contributed by atoms with Crippen LogP contribution >= 0.6 is 11.3 Å². The third kappa shape index (κ3) is 4.64. The van der Waals surface area contributed by atoms with E-state index in [1.54, 1.807) is 28.8 Å². The van der Waals surface area contributed by atoms with Crippen molar-refractivity contribution < 1.29 is 17.9 Å². The molecule has 1 aliphatic rings. The third-order valence-electron chi connectivity index (χ3n) is 6.66. The number of imidazole rings is 1. The van der Waals surface area contributed by atoms with Crippen molar-refractivity contribution >= 4 is 22.4 Å². The first kappa shape index (κ1) is 25.4. The molecule has 6 rings (SSSR count). The lowest BCUT2D eigenvalue weighted by Crippen LogP contribution is -2.05. The van der Waals surface area contributed by atoms with Gasteiger partial charge in [-0.15, -0.1) is 11.3 Å². The molecule has 1 saturated carbocycles. The molecule has 0 unspecified atom stereocenters. The predicted octanol–water partition coefficient (Wildman–Crippen LogP) is 6.05. The lowest BCUT2D eigenvalue weighted by atomic mass is 10.1. The van der Waals surface area contributed by atoms with E-state index in [1.807, 2.05) is 26.8 Å². The Morgan fingerprint density at radius 3 is 2.62 bits per heavy atom. The molecule has 0 amide bonds. The van der Waals surface area contributed by atoms with Crippen molar-refractivity contribution in [2.24, 2.45) is 0 Å². The molecule has 5 aromatic rings. The van der Waals surface area contributed by atoms with Gasteiger partial charge in [0, 0.05) is 29.2 Å². The molecule has 1 fully saturated rings. The molecule has 1 aliphatic carbocycles. The fraction of sp³-hybridized carbons (Fsp3) is 0.385. The van der Waals surface area contributed by atoms with Crippen molar-refractivity contribution in [1.29, 1.82) is 0 Å². The van der Waals surface area contributed by atoms with Crippen LogP contribution < -0.4 is 4.74 Å². The van der Waals surface area contributed by atoms with E-state index in [1.165, 1.54) is 17.7 Å². The summed E-state index contributed by atoms with van der Waals surface area (Å²) in [5.74, 6) is 1.54. The highest BCUT2D eigenvalue weighted by Gasteiger charge is 2.36. The summed E-state index contributed by atoms with van der Waals surface area (Å²) in [6.07, 6.45) is 3.57. The van der Waals surface area contributed by atoms with Gasteiger partial charge >= 0.3 is 6.18 Å². The molecular weight excluding hydrogens is 529 g/mol. The Morgan fingerprint density at radius 2 is 1.92 bits per heavy atom. The van der Waals surface area contributed by atoms with Gasteiger partial charge in [-0.3, -0.25) is 0 Å². The summed E-state index contributed by atoms with van der Waals surface area (Å²) in [4.78, 5) is 23.7. The SMILES string of the molecule is COc1ncnc(C2CC2)c1-c1ncc2cnn(Cc3cc(C)c(-c4nc(C(F)(F)F)cn4C(C)C)s3)c2n1. The molecule has 5 heterocycles. The number of hydrogen-bond acceptors (Lipinski definition) is 8. The van der Waals surface area contributed by atoms with E-state index in [0.29, 0.717) is 46.1 Å². The van der Waals surface area contributed by atoms with Crippen molar-refractivity contribution in [3.63, 3.8) is 0 Å². The lowest BCUT2D eigenvalue weighted by molar-refractivity contribution is -0.140. The van der Waals surface area contributed by atoms with E-state index in [9.17, 15) is 13.2 Å². The van der Waals surface area contributed by atoms with Crippen molar-refractivity contribution in [2.75, 3.05) is 7.11 Å². The Bertz CT molecular complexity index is 1680. The Hall–Kier alpha value is -3.87. The second-order valence-electron chi connectivity index (χ2n) is 9.87.